The van der Waals surface area contributed by atoms with Gasteiger partial charge in [-0.15, -0.1) is 0 Å². The van der Waals surface area contributed by atoms with Crippen LogP contribution in [-0.4, -0.2) is 47.8 Å². The molecule has 0 fully saturated rings. The van der Waals surface area contributed by atoms with Crippen LogP contribution in [0.15, 0.2) is 66.7 Å². The Morgan fingerprint density at radius 1 is 0.745 bits per heavy atom. The molecule has 3 rings (SSSR count). The molecular formula is C33H30F6N2O10. The van der Waals surface area contributed by atoms with Gasteiger partial charge in [-0.05, 0) is 68.0 Å². The normalized spacial score (nSPS) is 11.6. The number of carbonyl (C=O) groups is 2. The molecule has 0 unspecified atom stereocenters. The van der Waals surface area contributed by atoms with Gasteiger partial charge in [-0.25, -0.2) is 14.0 Å². The smallest absolute Gasteiger partial charge is 0.426 e. The molecule has 0 spiro atoms. The van der Waals surface area contributed by atoms with Crippen LogP contribution in [-0.2, 0) is 20.4 Å². The van der Waals surface area contributed by atoms with E-state index in [-0.39, 0.29) is 37.6 Å². The second-order valence-electron chi connectivity index (χ2n) is 10.7. The van der Waals surface area contributed by atoms with E-state index >= 15 is 0 Å². The minimum atomic E-state index is -4.37. The van der Waals surface area contributed by atoms with E-state index in [1.165, 1.54) is 18.2 Å². The van der Waals surface area contributed by atoms with Gasteiger partial charge in [-0.1, -0.05) is 12.1 Å². The Kier molecular flexibility index (Phi) is 14.3. The second-order valence-corrected chi connectivity index (χ2v) is 10.7. The highest BCUT2D eigenvalue weighted by atomic mass is 19.4. The fourth-order valence-electron chi connectivity index (χ4n) is 4.22. The first-order valence-electron chi connectivity index (χ1n) is 15.2. The zero-order valence-electron chi connectivity index (χ0n) is 26.5. The van der Waals surface area contributed by atoms with Crippen molar-refractivity contribution in [3.05, 3.63) is 109 Å². The molecule has 274 valence electrons. The zero-order valence-corrected chi connectivity index (χ0v) is 26.5. The highest BCUT2D eigenvalue weighted by Crippen LogP contribution is 2.34. The Bertz CT molecular complexity index is 1680. The van der Waals surface area contributed by atoms with E-state index in [2.05, 4.69) is 4.74 Å². The summed E-state index contributed by atoms with van der Waals surface area (Å²) in [7, 11) is 0. The molecule has 18 heteroatoms. The molecule has 0 heterocycles. The van der Waals surface area contributed by atoms with Gasteiger partial charge >= 0.3 is 24.2 Å². The fraction of sp³-hybridized carbons (Fsp3) is 0.333. The van der Waals surface area contributed by atoms with Crippen molar-refractivity contribution in [2.75, 3.05) is 19.8 Å². The lowest BCUT2D eigenvalue weighted by molar-refractivity contribution is -0.394. The number of carbonyl (C=O) groups excluding carboxylic acids is 2. The molecule has 0 radical (unpaired) electrons. The summed E-state index contributed by atoms with van der Waals surface area (Å²) in [4.78, 5) is 44.4. The van der Waals surface area contributed by atoms with Gasteiger partial charge in [0.25, 0.3) is 11.4 Å². The summed E-state index contributed by atoms with van der Waals surface area (Å²) >= 11 is 0. The Balaban J connectivity index is 1.35. The predicted molar refractivity (Wildman–Crippen MR) is 167 cm³/mol. The first-order chi connectivity index (χ1) is 24.0. The van der Waals surface area contributed by atoms with Crippen molar-refractivity contribution in [3.63, 3.8) is 0 Å². The molecule has 0 atom stereocenters. The third-order valence-electron chi connectivity index (χ3n) is 6.75. The predicted octanol–water partition coefficient (Wildman–Crippen LogP) is 8.47. The minimum Gasteiger partial charge on any atom is -0.493 e. The van der Waals surface area contributed by atoms with Crippen LogP contribution >= 0.6 is 0 Å². The van der Waals surface area contributed by atoms with Crippen LogP contribution in [0, 0.1) is 26.0 Å². The highest BCUT2D eigenvalue weighted by molar-refractivity contribution is 5.91. The topological polar surface area (TPSA) is 157 Å². The van der Waals surface area contributed by atoms with Crippen molar-refractivity contribution < 1.29 is 64.7 Å². The van der Waals surface area contributed by atoms with E-state index in [0.717, 1.165) is 54.6 Å². The second kappa shape index (κ2) is 18.4. The maximum atomic E-state index is 14.7. The minimum absolute atomic E-state index is 0.0482. The zero-order chi connectivity index (χ0) is 37.6. The summed E-state index contributed by atoms with van der Waals surface area (Å²) in [5.41, 5.74) is -1.84. The lowest BCUT2D eigenvalue weighted by atomic mass is 10.1. The fourth-order valence-corrected chi connectivity index (χ4v) is 4.22. The molecule has 0 aromatic heterocycles. The molecule has 51 heavy (non-hydrogen) atoms. The van der Waals surface area contributed by atoms with Crippen LogP contribution in [0.5, 0.6) is 11.5 Å². The maximum absolute atomic E-state index is 14.7. The monoisotopic (exact) mass is 728 g/mol. The third kappa shape index (κ3) is 13.6. The molecule has 0 saturated heterocycles. The molecule has 0 aliphatic rings. The van der Waals surface area contributed by atoms with Crippen LogP contribution in [0.2, 0.25) is 0 Å². The molecule has 0 N–H and O–H groups in total. The SMILES string of the molecule is O=C(/C=C/c1ccc(C(F)(F)Oc2ccc(OCCCC(F)(F)F)cc2F)cc1)OCCCCCCOC(=O)c1cc([N+](=O)[O-])cc([N+](=O)[O-])c1. The number of nitrogens with zero attached hydrogens (tertiary/aromatic N) is 2. The number of hydrogen-bond donors (Lipinski definition) is 0. The van der Waals surface area contributed by atoms with Crippen LogP contribution in [0.4, 0.5) is 37.7 Å². The molecular weight excluding hydrogens is 698 g/mol. The molecule has 12 nitrogen and oxygen atoms in total. The largest absolute Gasteiger partial charge is 0.493 e. The number of hydrogen-bond acceptors (Lipinski definition) is 10. The number of benzene rings is 3. The Morgan fingerprint density at radius 2 is 1.35 bits per heavy atom. The lowest BCUT2D eigenvalue weighted by Gasteiger charge is -2.19. The van der Waals surface area contributed by atoms with Gasteiger partial charge in [-0.2, -0.15) is 22.0 Å². The Labute approximate surface area is 285 Å². The van der Waals surface area contributed by atoms with Gasteiger partial charge in [0.05, 0.1) is 46.9 Å². The summed E-state index contributed by atoms with van der Waals surface area (Å²) in [5.74, 6) is -3.83. The number of esters is 2. The lowest BCUT2D eigenvalue weighted by Crippen LogP contribution is -2.22. The average Bonchev–Trinajstić information content (AvgIpc) is 3.07. The summed E-state index contributed by atoms with van der Waals surface area (Å²) in [6.45, 7) is -0.343. The van der Waals surface area contributed by atoms with Crippen LogP contribution < -0.4 is 9.47 Å². The number of unbranched alkanes of at least 4 members (excludes halogenated alkanes) is 3. The Morgan fingerprint density at radius 3 is 1.92 bits per heavy atom. The highest BCUT2D eigenvalue weighted by Gasteiger charge is 2.35. The van der Waals surface area contributed by atoms with Gasteiger partial charge in [-0.3, -0.25) is 20.2 Å². The summed E-state index contributed by atoms with van der Waals surface area (Å²) in [5, 5.41) is 21.9. The van der Waals surface area contributed by atoms with Gasteiger partial charge < -0.3 is 18.9 Å². The molecule has 0 bridgehead atoms. The number of alkyl halides is 5. The molecule has 0 amide bonds. The van der Waals surface area contributed by atoms with E-state index in [0.29, 0.717) is 31.2 Å². The van der Waals surface area contributed by atoms with E-state index in [9.17, 15) is 56.2 Å². The van der Waals surface area contributed by atoms with E-state index < -0.39 is 69.0 Å². The summed E-state index contributed by atoms with van der Waals surface area (Å²) in [6.07, 6.45) is -5.36. The number of non-ortho nitro benzene ring substituents is 2. The van der Waals surface area contributed by atoms with Crippen molar-refractivity contribution >= 4 is 29.4 Å². The van der Waals surface area contributed by atoms with Gasteiger partial charge in [0.1, 0.15) is 5.75 Å². The van der Waals surface area contributed by atoms with Crippen molar-refractivity contribution in [1.29, 1.82) is 0 Å². The van der Waals surface area contributed by atoms with Gasteiger partial charge in [0, 0.05) is 30.7 Å². The van der Waals surface area contributed by atoms with Crippen molar-refractivity contribution in [1.82, 2.24) is 0 Å². The van der Waals surface area contributed by atoms with Crippen molar-refractivity contribution in [2.24, 2.45) is 0 Å². The average molecular weight is 729 g/mol. The molecule has 0 aliphatic carbocycles. The molecule has 3 aromatic rings. The quantitative estimate of drug-likeness (QED) is 0.0293. The van der Waals surface area contributed by atoms with E-state index in [4.69, 9.17) is 14.2 Å². The number of nitro benzene ring substituents is 2. The van der Waals surface area contributed by atoms with Crippen LogP contribution in [0.1, 0.15) is 60.0 Å². The maximum Gasteiger partial charge on any atom is 0.426 e. The van der Waals surface area contributed by atoms with E-state index in [1.54, 1.807) is 0 Å². The Hall–Kier alpha value is -5.68. The van der Waals surface area contributed by atoms with Crippen LogP contribution in [0.3, 0.4) is 0 Å². The first kappa shape index (κ1) is 39.8. The van der Waals surface area contributed by atoms with Crippen LogP contribution in [0.25, 0.3) is 6.08 Å². The number of rotatable bonds is 19. The standard InChI is InChI=1S/C33H30F6N2O10/c34-28-21-27(48-17-5-14-32(35,36)37)11-12-29(28)51-33(38,39)24-9-6-22(7-10-24)8-13-30(42)49-15-3-1-2-4-16-50-31(43)23-18-25(40(44)45)20-26(19-23)41(46)47/h6-13,18-21H,1-5,14-17H2/b13-8+. The molecule has 3 aromatic carbocycles. The third-order valence-corrected chi connectivity index (χ3v) is 6.75. The number of halogens is 6. The first-order valence-corrected chi connectivity index (χ1v) is 15.2. The summed E-state index contributed by atoms with van der Waals surface area (Å²) < 4.78 is 100. The number of nitro groups is 2. The molecule has 0 saturated carbocycles. The van der Waals surface area contributed by atoms with Gasteiger partial charge in [0.15, 0.2) is 11.6 Å². The summed E-state index contributed by atoms with van der Waals surface area (Å²) in [6, 6.07) is 9.70. The van der Waals surface area contributed by atoms with Crippen molar-refractivity contribution in [2.45, 2.75) is 50.8 Å². The van der Waals surface area contributed by atoms with Gasteiger partial charge in [0.2, 0.25) is 0 Å². The van der Waals surface area contributed by atoms with Crippen molar-refractivity contribution in [3.8, 4) is 11.5 Å². The molecule has 0 aliphatic heterocycles. The van der Waals surface area contributed by atoms with E-state index in [1.807, 2.05) is 0 Å². The number of ether oxygens (including phenoxy) is 4.